The predicted molar refractivity (Wildman–Crippen MR) is 128 cm³/mol. The first-order valence-electron chi connectivity index (χ1n) is 10.6. The van der Waals surface area contributed by atoms with Gasteiger partial charge in [-0.25, -0.2) is 4.98 Å². The summed E-state index contributed by atoms with van der Waals surface area (Å²) in [6, 6.07) is 17.6. The summed E-state index contributed by atoms with van der Waals surface area (Å²) in [6.45, 7) is 3.98. The quantitative estimate of drug-likeness (QED) is 0.397. The molecule has 8 heteroatoms. The summed E-state index contributed by atoms with van der Waals surface area (Å²) in [6.07, 6.45) is 0. The molecule has 2 amide bonds. The summed E-state index contributed by atoms with van der Waals surface area (Å²) in [5.41, 5.74) is 1.39. The third-order valence-electron chi connectivity index (χ3n) is 5.19. The van der Waals surface area contributed by atoms with E-state index in [9.17, 15) is 9.59 Å². The van der Waals surface area contributed by atoms with E-state index in [4.69, 9.17) is 9.15 Å². The van der Waals surface area contributed by atoms with Gasteiger partial charge in [-0.15, -0.1) is 11.3 Å². The molecule has 2 aromatic heterocycles. The Morgan fingerprint density at radius 1 is 1.06 bits per heavy atom. The Labute approximate surface area is 195 Å². The van der Waals surface area contributed by atoms with E-state index in [1.54, 1.807) is 42.7 Å². The lowest BCUT2D eigenvalue weighted by molar-refractivity contribution is -0.124. The van der Waals surface area contributed by atoms with Crippen LogP contribution in [0.5, 0.6) is 5.75 Å². The molecule has 2 heterocycles. The second kappa shape index (κ2) is 9.87. The highest BCUT2D eigenvalue weighted by molar-refractivity contribution is 7.21. The van der Waals surface area contributed by atoms with Gasteiger partial charge in [0.25, 0.3) is 5.91 Å². The lowest BCUT2D eigenvalue weighted by Crippen LogP contribution is -2.49. The maximum Gasteiger partial charge on any atom is 0.251 e. The zero-order valence-electron chi connectivity index (χ0n) is 18.6. The van der Waals surface area contributed by atoms with E-state index >= 15 is 0 Å². The van der Waals surface area contributed by atoms with Crippen LogP contribution in [-0.2, 0) is 11.3 Å². The van der Waals surface area contributed by atoms with Gasteiger partial charge in [-0.2, -0.15) is 0 Å². The van der Waals surface area contributed by atoms with Gasteiger partial charge in [0.2, 0.25) is 5.91 Å². The number of aromatic nitrogens is 1. The van der Waals surface area contributed by atoms with Crippen LogP contribution in [-0.4, -0.2) is 29.9 Å². The first-order valence-corrected chi connectivity index (χ1v) is 11.4. The number of furan rings is 1. The molecular formula is C25H25N3O4S. The minimum atomic E-state index is -0.682. The highest BCUT2D eigenvalue weighted by atomic mass is 32.1. The van der Waals surface area contributed by atoms with Crippen LogP contribution in [0.15, 0.2) is 65.1 Å². The molecule has 0 radical (unpaired) electrons. The number of methoxy groups -OCH3 is 1. The van der Waals surface area contributed by atoms with Crippen LogP contribution in [0.2, 0.25) is 0 Å². The second-order valence-corrected chi connectivity index (χ2v) is 8.92. The molecule has 1 atom stereocenters. The zero-order chi connectivity index (χ0) is 23.4. The summed E-state index contributed by atoms with van der Waals surface area (Å²) < 4.78 is 12.1. The first-order chi connectivity index (χ1) is 15.9. The number of amides is 2. The molecule has 0 aliphatic carbocycles. The maximum atomic E-state index is 12.8. The molecule has 7 nitrogen and oxygen atoms in total. The number of benzene rings is 2. The maximum absolute atomic E-state index is 12.8. The summed E-state index contributed by atoms with van der Waals surface area (Å²) in [5, 5.41) is 6.48. The van der Waals surface area contributed by atoms with Crippen LogP contribution in [0.1, 0.15) is 30.0 Å². The summed E-state index contributed by atoms with van der Waals surface area (Å²) in [5.74, 6) is 1.25. The second-order valence-electron chi connectivity index (χ2n) is 7.89. The lowest BCUT2D eigenvalue weighted by atomic mass is 10.0. The van der Waals surface area contributed by atoms with Gasteiger partial charge in [-0.3, -0.25) is 9.59 Å². The summed E-state index contributed by atoms with van der Waals surface area (Å²) in [7, 11) is 1.56. The Bertz CT molecular complexity index is 1230. The van der Waals surface area contributed by atoms with E-state index in [-0.39, 0.29) is 24.3 Å². The van der Waals surface area contributed by atoms with Gasteiger partial charge in [0.1, 0.15) is 17.6 Å². The van der Waals surface area contributed by atoms with E-state index in [1.165, 1.54) is 0 Å². The van der Waals surface area contributed by atoms with E-state index < -0.39 is 6.04 Å². The number of hydrogen-bond acceptors (Lipinski definition) is 6. The molecule has 2 aromatic carbocycles. The van der Waals surface area contributed by atoms with Gasteiger partial charge in [-0.1, -0.05) is 26.0 Å². The van der Waals surface area contributed by atoms with Crippen molar-refractivity contribution in [2.45, 2.75) is 26.4 Å². The minimum absolute atomic E-state index is 0.0953. The van der Waals surface area contributed by atoms with Gasteiger partial charge in [0, 0.05) is 5.56 Å². The van der Waals surface area contributed by atoms with Crippen LogP contribution in [0.25, 0.3) is 21.0 Å². The highest BCUT2D eigenvalue weighted by Gasteiger charge is 2.25. The van der Waals surface area contributed by atoms with Crippen molar-refractivity contribution >= 4 is 33.4 Å². The average molecular weight is 464 g/mol. The first kappa shape index (κ1) is 22.5. The molecule has 0 saturated carbocycles. The number of carbonyl (C=O) groups excluding carboxylic acids is 2. The summed E-state index contributed by atoms with van der Waals surface area (Å²) >= 11 is 1.56. The van der Waals surface area contributed by atoms with Crippen LogP contribution < -0.4 is 15.4 Å². The smallest absolute Gasteiger partial charge is 0.251 e. The fourth-order valence-corrected chi connectivity index (χ4v) is 4.28. The number of nitrogens with zero attached hydrogens (tertiary/aromatic N) is 1. The van der Waals surface area contributed by atoms with Crippen LogP contribution in [0.4, 0.5) is 0 Å². The third-order valence-corrected chi connectivity index (χ3v) is 6.24. The fourth-order valence-electron chi connectivity index (χ4n) is 3.35. The van der Waals surface area contributed by atoms with Gasteiger partial charge in [0.15, 0.2) is 10.8 Å². The Morgan fingerprint density at radius 2 is 1.82 bits per heavy atom. The van der Waals surface area contributed by atoms with Gasteiger partial charge < -0.3 is 19.8 Å². The molecule has 4 aromatic rings. The van der Waals surface area contributed by atoms with E-state index in [0.717, 1.165) is 15.2 Å². The molecule has 33 heavy (non-hydrogen) atoms. The van der Waals surface area contributed by atoms with E-state index in [1.807, 2.05) is 50.2 Å². The van der Waals surface area contributed by atoms with Gasteiger partial charge >= 0.3 is 0 Å². The van der Waals surface area contributed by atoms with Crippen molar-refractivity contribution in [3.8, 4) is 16.5 Å². The zero-order valence-corrected chi connectivity index (χ0v) is 19.4. The molecule has 0 aliphatic rings. The largest absolute Gasteiger partial charge is 0.497 e. The molecule has 0 aliphatic heterocycles. The van der Waals surface area contributed by atoms with Crippen LogP contribution >= 0.6 is 11.3 Å². The number of fused-ring (bicyclic) bond motifs is 1. The Balaban J connectivity index is 1.38. The summed E-state index contributed by atoms with van der Waals surface area (Å²) in [4.78, 5) is 30.0. The van der Waals surface area contributed by atoms with Crippen molar-refractivity contribution in [1.82, 2.24) is 15.6 Å². The molecule has 0 bridgehead atoms. The third kappa shape index (κ3) is 5.23. The van der Waals surface area contributed by atoms with Gasteiger partial charge in [0.05, 0.1) is 23.9 Å². The van der Waals surface area contributed by atoms with Gasteiger partial charge in [-0.05, 0) is 54.4 Å². The minimum Gasteiger partial charge on any atom is -0.497 e. The number of nitrogens with one attached hydrogen (secondary N) is 2. The van der Waals surface area contributed by atoms with Crippen molar-refractivity contribution in [3.05, 3.63) is 72.0 Å². The molecular weight excluding hydrogens is 438 g/mol. The van der Waals surface area contributed by atoms with Crippen LogP contribution in [0, 0.1) is 5.92 Å². The molecule has 170 valence electrons. The molecule has 0 saturated heterocycles. The highest BCUT2D eigenvalue weighted by Crippen LogP contribution is 2.31. The monoisotopic (exact) mass is 463 g/mol. The molecule has 4 rings (SSSR count). The lowest BCUT2D eigenvalue weighted by Gasteiger charge is -2.21. The van der Waals surface area contributed by atoms with Crippen molar-refractivity contribution < 1.29 is 18.7 Å². The molecule has 1 unspecified atom stereocenters. The average Bonchev–Trinajstić information content (AvgIpc) is 3.47. The molecule has 0 fully saturated rings. The number of carbonyl (C=O) groups is 2. The number of para-hydroxylation sites is 1. The van der Waals surface area contributed by atoms with E-state index in [0.29, 0.717) is 22.8 Å². The molecule has 2 N–H and O–H groups in total. The topological polar surface area (TPSA) is 93.5 Å². The van der Waals surface area contributed by atoms with Crippen molar-refractivity contribution in [1.29, 1.82) is 0 Å². The normalized spacial score (nSPS) is 12.0. The van der Waals surface area contributed by atoms with E-state index in [2.05, 4.69) is 15.6 Å². The Morgan fingerprint density at radius 3 is 2.52 bits per heavy atom. The number of rotatable bonds is 8. The fraction of sp³-hybridized carbons (Fsp3) is 0.240. The number of thiazole rings is 1. The Hall–Kier alpha value is -3.65. The number of hydrogen-bond donors (Lipinski definition) is 2. The van der Waals surface area contributed by atoms with Crippen LogP contribution in [0.3, 0.4) is 0 Å². The standard InChI is InChI=1S/C25H25N3O4S/c1-15(2)22(28-23(29)16-8-10-17(31-3)11-9-16)24(30)26-14-18-12-13-20(32-18)25-27-19-6-4-5-7-21(19)33-25/h4-13,15,22H,14H2,1-3H3,(H,26,30)(H,28,29). The SMILES string of the molecule is COc1ccc(C(=O)NC(C(=O)NCc2ccc(-c3nc4ccccc4s3)o2)C(C)C)cc1. The molecule has 0 spiro atoms. The predicted octanol–water partition coefficient (Wildman–Crippen LogP) is 4.64. The Kier molecular flexibility index (Phi) is 6.74. The van der Waals surface area contributed by atoms with Crippen molar-refractivity contribution in [3.63, 3.8) is 0 Å². The number of ether oxygens (including phenoxy) is 1. The van der Waals surface area contributed by atoms with Crippen molar-refractivity contribution in [2.75, 3.05) is 7.11 Å². The van der Waals surface area contributed by atoms with Crippen molar-refractivity contribution in [2.24, 2.45) is 5.92 Å².